The van der Waals surface area contributed by atoms with Gasteiger partial charge < -0.3 is 10.1 Å². The number of hydrogen-bond acceptors (Lipinski definition) is 4. The van der Waals surface area contributed by atoms with Gasteiger partial charge in [-0.15, -0.1) is 0 Å². The molecule has 0 aliphatic rings. The van der Waals surface area contributed by atoms with Crippen LogP contribution in [0.1, 0.15) is 12.5 Å². The molecule has 1 N–H and O–H groups in total. The molecule has 0 saturated heterocycles. The molecule has 0 spiro atoms. The van der Waals surface area contributed by atoms with E-state index in [4.69, 9.17) is 16.3 Å². The van der Waals surface area contributed by atoms with Crippen molar-refractivity contribution < 1.29 is 9.53 Å². The van der Waals surface area contributed by atoms with Crippen molar-refractivity contribution in [3.05, 3.63) is 65.4 Å². The largest absolute Gasteiger partial charge is 0.495 e. The number of nitrogens with zero attached hydrogens (tertiary/aromatic N) is 2. The number of thioether (sulfide) groups is 1. The number of rotatable bonds is 6. The summed E-state index contributed by atoms with van der Waals surface area (Å²) in [5.41, 5.74) is 2.73. The molecule has 1 heterocycles. The molecule has 0 aliphatic carbocycles. The number of benzene rings is 2. The lowest BCUT2D eigenvalue weighted by atomic mass is 10.2. The minimum Gasteiger partial charge on any atom is -0.495 e. The van der Waals surface area contributed by atoms with E-state index in [2.05, 4.69) is 10.3 Å². The highest BCUT2D eigenvalue weighted by atomic mass is 35.5. The second-order valence-corrected chi connectivity index (χ2v) is 7.70. The summed E-state index contributed by atoms with van der Waals surface area (Å²) in [6.45, 7) is 3.89. The van der Waals surface area contributed by atoms with Crippen molar-refractivity contribution >= 4 is 35.0 Å². The molecule has 0 bridgehead atoms. The van der Waals surface area contributed by atoms with Crippen molar-refractivity contribution in [2.24, 2.45) is 0 Å². The number of anilines is 1. The molecular formula is C20H20ClN3O2S. The molecule has 1 aromatic heterocycles. The van der Waals surface area contributed by atoms with Crippen LogP contribution < -0.4 is 10.1 Å². The topological polar surface area (TPSA) is 56.1 Å². The van der Waals surface area contributed by atoms with Crippen LogP contribution in [0, 0.1) is 6.92 Å². The molecule has 0 radical (unpaired) electrons. The number of aromatic nitrogens is 2. The molecule has 7 heteroatoms. The second-order valence-electron chi connectivity index (χ2n) is 5.96. The van der Waals surface area contributed by atoms with Gasteiger partial charge in [0, 0.05) is 17.4 Å². The van der Waals surface area contributed by atoms with Gasteiger partial charge in [-0.05, 0) is 43.7 Å². The number of aryl methyl sites for hydroxylation is 1. The van der Waals surface area contributed by atoms with Crippen LogP contribution in [0.5, 0.6) is 5.75 Å². The lowest BCUT2D eigenvalue weighted by Crippen LogP contribution is -2.23. The Balaban J connectivity index is 1.76. The van der Waals surface area contributed by atoms with E-state index in [1.54, 1.807) is 31.5 Å². The van der Waals surface area contributed by atoms with E-state index in [0.29, 0.717) is 16.5 Å². The van der Waals surface area contributed by atoms with Gasteiger partial charge in [0.05, 0.1) is 23.7 Å². The van der Waals surface area contributed by atoms with Crippen molar-refractivity contribution in [2.75, 3.05) is 12.4 Å². The van der Waals surface area contributed by atoms with Crippen molar-refractivity contribution in [3.8, 4) is 11.4 Å². The van der Waals surface area contributed by atoms with Crippen LogP contribution in [0.3, 0.4) is 0 Å². The summed E-state index contributed by atoms with van der Waals surface area (Å²) in [6, 6.07) is 13.2. The highest BCUT2D eigenvalue weighted by Crippen LogP contribution is 2.30. The first-order chi connectivity index (χ1) is 13.0. The van der Waals surface area contributed by atoms with E-state index < -0.39 is 0 Å². The van der Waals surface area contributed by atoms with Crippen molar-refractivity contribution in [1.29, 1.82) is 0 Å². The molecule has 1 unspecified atom stereocenters. The Bertz CT molecular complexity index is 958. The zero-order chi connectivity index (χ0) is 19.4. The van der Waals surface area contributed by atoms with Gasteiger partial charge in [0.1, 0.15) is 5.75 Å². The number of amides is 1. The number of carbonyl (C=O) groups excluding carboxylic acids is 1. The fraction of sp³-hybridized carbons (Fsp3) is 0.200. The maximum Gasteiger partial charge on any atom is 0.237 e. The van der Waals surface area contributed by atoms with E-state index in [0.717, 1.165) is 16.4 Å². The van der Waals surface area contributed by atoms with E-state index in [9.17, 15) is 4.79 Å². The lowest BCUT2D eigenvalue weighted by molar-refractivity contribution is -0.115. The average Bonchev–Trinajstić information content (AvgIpc) is 3.10. The summed E-state index contributed by atoms with van der Waals surface area (Å²) in [5, 5.41) is 3.80. The molecule has 3 rings (SSSR count). The van der Waals surface area contributed by atoms with Crippen molar-refractivity contribution in [3.63, 3.8) is 0 Å². The Morgan fingerprint density at radius 1 is 1.30 bits per heavy atom. The predicted molar refractivity (Wildman–Crippen MR) is 110 cm³/mol. The number of ether oxygens (including phenoxy) is 1. The van der Waals surface area contributed by atoms with Gasteiger partial charge in [-0.2, -0.15) is 0 Å². The third-order valence-electron chi connectivity index (χ3n) is 4.05. The number of methoxy groups -OCH3 is 1. The Morgan fingerprint density at radius 3 is 2.81 bits per heavy atom. The minimum atomic E-state index is -0.362. The summed E-state index contributed by atoms with van der Waals surface area (Å²) in [5.74, 6) is 0.409. The van der Waals surface area contributed by atoms with E-state index >= 15 is 0 Å². The van der Waals surface area contributed by atoms with Crippen LogP contribution in [0.4, 0.5) is 5.69 Å². The Hall–Kier alpha value is -2.44. The highest BCUT2D eigenvalue weighted by molar-refractivity contribution is 8.00. The first kappa shape index (κ1) is 19.3. The van der Waals surface area contributed by atoms with Gasteiger partial charge in [-0.3, -0.25) is 9.36 Å². The first-order valence-corrected chi connectivity index (χ1v) is 9.65. The summed E-state index contributed by atoms with van der Waals surface area (Å²) in [7, 11) is 1.55. The molecule has 3 aromatic rings. The molecule has 5 nitrogen and oxygen atoms in total. The third-order valence-corrected chi connectivity index (χ3v) is 5.37. The normalized spacial score (nSPS) is 11.9. The molecule has 140 valence electrons. The minimum absolute atomic E-state index is 0.153. The molecule has 1 amide bonds. The predicted octanol–water partition coefficient (Wildman–Crippen LogP) is 4.96. The standard InChI is InChI=1S/C20H20ClN3O2S/c1-13-6-4-5-7-17(13)24-11-10-22-20(24)27-14(2)19(25)23-16-12-15(21)8-9-18(16)26-3/h4-12,14H,1-3H3,(H,23,25). The first-order valence-electron chi connectivity index (χ1n) is 8.40. The van der Waals surface area contributed by atoms with Crippen LogP contribution >= 0.6 is 23.4 Å². The van der Waals surface area contributed by atoms with Gasteiger partial charge in [-0.1, -0.05) is 41.6 Å². The van der Waals surface area contributed by atoms with E-state index in [1.165, 1.54) is 11.8 Å². The van der Waals surface area contributed by atoms with Crippen LogP contribution in [0.25, 0.3) is 5.69 Å². The van der Waals surface area contributed by atoms with Crippen molar-refractivity contribution in [2.45, 2.75) is 24.3 Å². The van der Waals surface area contributed by atoms with Crippen LogP contribution in [0.2, 0.25) is 5.02 Å². The maximum absolute atomic E-state index is 12.7. The summed E-state index contributed by atoms with van der Waals surface area (Å²) in [6.07, 6.45) is 3.63. The maximum atomic E-state index is 12.7. The summed E-state index contributed by atoms with van der Waals surface area (Å²) >= 11 is 7.42. The van der Waals surface area contributed by atoms with Gasteiger partial charge in [-0.25, -0.2) is 4.98 Å². The Morgan fingerprint density at radius 2 is 2.07 bits per heavy atom. The Labute approximate surface area is 167 Å². The fourth-order valence-corrected chi connectivity index (χ4v) is 3.67. The van der Waals surface area contributed by atoms with E-state index in [-0.39, 0.29) is 11.2 Å². The smallest absolute Gasteiger partial charge is 0.237 e. The summed E-state index contributed by atoms with van der Waals surface area (Å²) in [4.78, 5) is 17.1. The van der Waals surface area contributed by atoms with Crippen LogP contribution in [-0.4, -0.2) is 27.8 Å². The van der Waals surface area contributed by atoms with Crippen LogP contribution in [-0.2, 0) is 4.79 Å². The lowest BCUT2D eigenvalue weighted by Gasteiger charge is -2.15. The fourth-order valence-electron chi connectivity index (χ4n) is 2.62. The molecule has 0 aliphatic heterocycles. The third kappa shape index (κ3) is 4.46. The van der Waals surface area contributed by atoms with Gasteiger partial charge in [0.2, 0.25) is 5.91 Å². The Kier molecular flexibility index (Phi) is 6.08. The number of imidazole rings is 1. The monoisotopic (exact) mass is 401 g/mol. The number of para-hydroxylation sites is 1. The van der Waals surface area contributed by atoms with E-state index in [1.807, 2.05) is 48.9 Å². The zero-order valence-corrected chi connectivity index (χ0v) is 16.8. The molecular weight excluding hydrogens is 382 g/mol. The second kappa shape index (κ2) is 8.50. The zero-order valence-electron chi connectivity index (χ0n) is 15.3. The number of carbonyl (C=O) groups is 1. The van der Waals surface area contributed by atoms with Gasteiger partial charge in [0.25, 0.3) is 0 Å². The van der Waals surface area contributed by atoms with Gasteiger partial charge in [0.15, 0.2) is 5.16 Å². The average molecular weight is 402 g/mol. The van der Waals surface area contributed by atoms with Crippen LogP contribution in [0.15, 0.2) is 60.0 Å². The number of nitrogens with one attached hydrogen (secondary N) is 1. The number of halogens is 1. The van der Waals surface area contributed by atoms with Crippen molar-refractivity contribution in [1.82, 2.24) is 9.55 Å². The number of hydrogen-bond donors (Lipinski definition) is 1. The van der Waals surface area contributed by atoms with Gasteiger partial charge >= 0.3 is 0 Å². The quantitative estimate of drug-likeness (QED) is 0.593. The molecule has 0 saturated carbocycles. The molecule has 2 aromatic carbocycles. The SMILES string of the molecule is COc1ccc(Cl)cc1NC(=O)C(C)Sc1nccn1-c1ccccc1C. The molecule has 27 heavy (non-hydrogen) atoms. The highest BCUT2D eigenvalue weighted by Gasteiger charge is 2.19. The summed E-state index contributed by atoms with van der Waals surface area (Å²) < 4.78 is 7.27. The molecule has 0 fully saturated rings. The molecule has 1 atom stereocenters.